The lowest BCUT2D eigenvalue weighted by Gasteiger charge is -2.25. The fourth-order valence-electron chi connectivity index (χ4n) is 2.57. The van der Waals surface area contributed by atoms with Gasteiger partial charge in [-0.2, -0.15) is 0 Å². The van der Waals surface area contributed by atoms with E-state index in [1.807, 2.05) is 0 Å². The zero-order valence-corrected chi connectivity index (χ0v) is 14.9. The normalized spacial score (nSPS) is 22.0. The van der Waals surface area contributed by atoms with Crippen molar-refractivity contribution in [1.82, 2.24) is 15.5 Å². The van der Waals surface area contributed by atoms with Crippen molar-refractivity contribution >= 4 is 35.6 Å². The Bertz CT molecular complexity index is 703. The Kier molecular flexibility index (Phi) is 5.50. The van der Waals surface area contributed by atoms with Crippen LogP contribution in [0.3, 0.4) is 0 Å². The van der Waals surface area contributed by atoms with Crippen molar-refractivity contribution in [1.29, 1.82) is 0 Å². The average molecular weight is 381 g/mol. The van der Waals surface area contributed by atoms with Gasteiger partial charge >= 0.3 is 12.0 Å². The summed E-state index contributed by atoms with van der Waals surface area (Å²) in [6, 6.07) is 2.13. The molecule has 140 valence electrons. The lowest BCUT2D eigenvalue weighted by atomic mass is 10.2. The van der Waals surface area contributed by atoms with Crippen molar-refractivity contribution in [3.8, 4) is 0 Å². The van der Waals surface area contributed by atoms with Crippen molar-refractivity contribution in [3.63, 3.8) is 0 Å². The third-order valence-electron chi connectivity index (χ3n) is 3.93. The number of furan rings is 1. The molecule has 1 saturated heterocycles. The standard InChI is InChI=1S/C16H19N3O6S/c1-9(20)19-11(8-26-14(19)12-3-2-6-24-12)15(22)25-7-13(21)18-16(23)17-10-4-5-10/h2-3,6,10-11,14H,4-5,7-8H2,1H3,(H2,17,18,21,23)/t11-,14+/m0/s1. The molecule has 4 amide bonds. The van der Waals surface area contributed by atoms with Crippen LogP contribution < -0.4 is 10.6 Å². The first kappa shape index (κ1) is 18.3. The van der Waals surface area contributed by atoms with Crippen molar-refractivity contribution < 1.29 is 28.3 Å². The summed E-state index contributed by atoms with van der Waals surface area (Å²) in [5, 5.41) is 4.27. The SMILES string of the molecule is CC(=O)N1[C@@H](c2ccco2)SC[C@H]1C(=O)OCC(=O)NC(=O)NC1CC1. The molecule has 10 heteroatoms. The molecular weight excluding hydrogens is 362 g/mol. The van der Waals surface area contributed by atoms with Crippen LogP contribution in [0.4, 0.5) is 4.79 Å². The zero-order valence-electron chi connectivity index (χ0n) is 14.1. The Labute approximate surface area is 153 Å². The Balaban J connectivity index is 1.52. The molecule has 26 heavy (non-hydrogen) atoms. The number of imide groups is 1. The van der Waals surface area contributed by atoms with Crippen LogP contribution in [0.2, 0.25) is 0 Å². The predicted molar refractivity (Wildman–Crippen MR) is 90.9 cm³/mol. The minimum absolute atomic E-state index is 0.114. The number of esters is 1. The van der Waals surface area contributed by atoms with E-state index in [-0.39, 0.29) is 11.9 Å². The van der Waals surface area contributed by atoms with Crippen molar-refractivity contribution in [2.75, 3.05) is 12.4 Å². The second kappa shape index (κ2) is 7.81. The van der Waals surface area contributed by atoms with E-state index in [1.165, 1.54) is 29.8 Å². The smallest absolute Gasteiger partial charge is 0.330 e. The lowest BCUT2D eigenvalue weighted by molar-refractivity contribution is -0.156. The number of urea groups is 1. The van der Waals surface area contributed by atoms with Gasteiger partial charge in [0.2, 0.25) is 5.91 Å². The Morgan fingerprint density at radius 1 is 1.35 bits per heavy atom. The molecule has 1 aromatic rings. The summed E-state index contributed by atoms with van der Waals surface area (Å²) < 4.78 is 10.3. The molecule has 1 saturated carbocycles. The molecule has 0 unspecified atom stereocenters. The van der Waals surface area contributed by atoms with Crippen LogP contribution in [0.25, 0.3) is 0 Å². The van der Waals surface area contributed by atoms with Crippen LogP contribution in [0.5, 0.6) is 0 Å². The van der Waals surface area contributed by atoms with Crippen molar-refractivity contribution in [2.45, 2.75) is 37.2 Å². The molecule has 2 fully saturated rings. The topological polar surface area (TPSA) is 118 Å². The van der Waals surface area contributed by atoms with E-state index in [9.17, 15) is 19.2 Å². The molecular formula is C16H19N3O6S. The number of hydrogen-bond donors (Lipinski definition) is 2. The van der Waals surface area contributed by atoms with E-state index in [1.54, 1.807) is 12.1 Å². The minimum atomic E-state index is -0.819. The molecule has 2 heterocycles. The molecule has 9 nitrogen and oxygen atoms in total. The quantitative estimate of drug-likeness (QED) is 0.724. The number of carbonyl (C=O) groups is 4. The van der Waals surface area contributed by atoms with E-state index in [0.717, 1.165) is 12.8 Å². The summed E-state index contributed by atoms with van der Waals surface area (Å²) in [6.07, 6.45) is 3.29. The molecule has 0 aromatic carbocycles. The van der Waals surface area contributed by atoms with Crippen LogP contribution in [-0.4, -0.2) is 53.2 Å². The van der Waals surface area contributed by atoms with E-state index >= 15 is 0 Å². The molecule has 1 aliphatic heterocycles. The zero-order chi connectivity index (χ0) is 18.7. The summed E-state index contributed by atoms with van der Waals surface area (Å²) >= 11 is 1.38. The van der Waals surface area contributed by atoms with Crippen LogP contribution in [0, 0.1) is 0 Å². The lowest BCUT2D eigenvalue weighted by Crippen LogP contribution is -2.45. The molecule has 0 radical (unpaired) electrons. The number of thioether (sulfide) groups is 1. The van der Waals surface area contributed by atoms with Crippen molar-refractivity contribution in [3.05, 3.63) is 24.2 Å². The molecule has 1 aliphatic carbocycles. The van der Waals surface area contributed by atoms with Gasteiger partial charge in [0.15, 0.2) is 6.61 Å². The number of rotatable bonds is 5. The maximum absolute atomic E-state index is 12.3. The first-order valence-corrected chi connectivity index (χ1v) is 9.21. The fraction of sp³-hybridized carbons (Fsp3) is 0.500. The average Bonchev–Trinajstić information content (AvgIpc) is 3.08. The van der Waals surface area contributed by atoms with E-state index in [0.29, 0.717) is 11.5 Å². The summed E-state index contributed by atoms with van der Waals surface area (Å²) in [5.74, 6) is -0.826. The predicted octanol–water partition coefficient (Wildman–Crippen LogP) is 0.774. The van der Waals surface area contributed by atoms with E-state index < -0.39 is 35.9 Å². The van der Waals surface area contributed by atoms with Gasteiger partial charge in [-0.15, -0.1) is 11.8 Å². The maximum atomic E-state index is 12.3. The minimum Gasteiger partial charge on any atom is -0.466 e. The molecule has 0 bridgehead atoms. The van der Waals surface area contributed by atoms with Gasteiger partial charge in [-0.05, 0) is 25.0 Å². The van der Waals surface area contributed by atoms with Crippen LogP contribution >= 0.6 is 11.8 Å². The number of carbonyl (C=O) groups excluding carboxylic acids is 4. The first-order valence-electron chi connectivity index (χ1n) is 8.16. The van der Waals surface area contributed by atoms with Crippen LogP contribution in [0.15, 0.2) is 22.8 Å². The molecule has 2 aliphatic rings. The molecule has 1 aromatic heterocycles. The van der Waals surface area contributed by atoms with Gasteiger partial charge in [0.1, 0.15) is 17.2 Å². The Hall–Kier alpha value is -2.49. The van der Waals surface area contributed by atoms with E-state index in [4.69, 9.17) is 9.15 Å². The second-order valence-corrected chi connectivity index (χ2v) is 7.16. The van der Waals surface area contributed by atoms with Gasteiger partial charge in [-0.25, -0.2) is 9.59 Å². The number of hydrogen-bond acceptors (Lipinski definition) is 7. The summed E-state index contributed by atoms with van der Waals surface area (Å²) in [7, 11) is 0. The molecule has 2 N–H and O–H groups in total. The summed E-state index contributed by atoms with van der Waals surface area (Å²) in [6.45, 7) is 0.770. The maximum Gasteiger partial charge on any atom is 0.330 e. The Morgan fingerprint density at radius 3 is 2.73 bits per heavy atom. The van der Waals surface area contributed by atoms with Gasteiger partial charge in [0.25, 0.3) is 5.91 Å². The van der Waals surface area contributed by atoms with Crippen LogP contribution in [-0.2, 0) is 19.1 Å². The molecule has 3 rings (SSSR count). The highest BCUT2D eigenvalue weighted by Crippen LogP contribution is 2.41. The van der Waals surface area contributed by atoms with Gasteiger partial charge in [-0.3, -0.25) is 14.9 Å². The van der Waals surface area contributed by atoms with Gasteiger partial charge in [0.05, 0.1) is 6.26 Å². The fourth-order valence-corrected chi connectivity index (χ4v) is 3.98. The highest BCUT2D eigenvalue weighted by atomic mass is 32.2. The van der Waals surface area contributed by atoms with Gasteiger partial charge in [0, 0.05) is 18.7 Å². The number of amides is 4. The largest absolute Gasteiger partial charge is 0.466 e. The first-order chi connectivity index (χ1) is 12.5. The third kappa shape index (κ3) is 4.37. The molecule has 2 atom stereocenters. The van der Waals surface area contributed by atoms with Crippen LogP contribution in [0.1, 0.15) is 30.9 Å². The molecule has 0 spiro atoms. The highest BCUT2D eigenvalue weighted by molar-refractivity contribution is 7.99. The Morgan fingerprint density at radius 2 is 2.12 bits per heavy atom. The van der Waals surface area contributed by atoms with E-state index in [2.05, 4.69) is 10.6 Å². The summed E-state index contributed by atoms with van der Waals surface area (Å²) in [5.41, 5.74) is 0. The number of ether oxygens (including phenoxy) is 1. The van der Waals surface area contributed by atoms with Crippen molar-refractivity contribution in [2.24, 2.45) is 0 Å². The highest BCUT2D eigenvalue weighted by Gasteiger charge is 2.43. The monoisotopic (exact) mass is 381 g/mol. The summed E-state index contributed by atoms with van der Waals surface area (Å²) in [4.78, 5) is 48.8. The second-order valence-electron chi connectivity index (χ2n) is 6.05. The van der Waals surface area contributed by atoms with Gasteiger partial charge < -0.3 is 19.4 Å². The number of nitrogens with one attached hydrogen (secondary N) is 2. The van der Waals surface area contributed by atoms with Gasteiger partial charge in [-0.1, -0.05) is 0 Å². The number of nitrogens with zero attached hydrogens (tertiary/aromatic N) is 1. The third-order valence-corrected chi connectivity index (χ3v) is 5.22.